The molecule has 0 spiro atoms. The fourth-order valence-electron chi connectivity index (χ4n) is 5.73. The minimum atomic E-state index is 0.398. The van der Waals surface area contributed by atoms with Crippen molar-refractivity contribution in [2.24, 2.45) is 52.4 Å². The molecule has 2 fully saturated rings. The van der Waals surface area contributed by atoms with E-state index < -0.39 is 0 Å². The first kappa shape index (κ1) is 18.3. The van der Waals surface area contributed by atoms with Crippen LogP contribution in [0, 0.1) is 40.9 Å². The van der Waals surface area contributed by atoms with Crippen molar-refractivity contribution in [2.45, 2.75) is 85.7 Å². The van der Waals surface area contributed by atoms with E-state index in [9.17, 15) is 0 Å². The zero-order valence-corrected chi connectivity index (χ0v) is 15.8. The first-order valence-electron chi connectivity index (χ1n) is 9.71. The van der Waals surface area contributed by atoms with Gasteiger partial charge in [-0.3, -0.25) is 0 Å². The van der Waals surface area contributed by atoms with Gasteiger partial charge in [0.1, 0.15) is 0 Å². The Bertz CT molecular complexity index is 313. The van der Waals surface area contributed by atoms with E-state index in [1.165, 1.54) is 32.1 Å². The van der Waals surface area contributed by atoms with Gasteiger partial charge in [-0.2, -0.15) is 0 Å². The molecular weight excluding hydrogens is 268 g/mol. The van der Waals surface area contributed by atoms with Gasteiger partial charge in [-0.1, -0.05) is 48.0 Å². The zero-order chi connectivity index (χ0) is 16.7. The molecule has 4 N–H and O–H groups in total. The molecule has 0 aromatic rings. The van der Waals surface area contributed by atoms with Crippen molar-refractivity contribution in [1.82, 2.24) is 0 Å². The number of nitrogens with two attached hydrogens (primary N) is 2. The smallest absolute Gasteiger partial charge is 0.00905 e. The second-order valence-corrected chi connectivity index (χ2v) is 9.26. The van der Waals surface area contributed by atoms with Crippen LogP contribution in [0.25, 0.3) is 0 Å². The average Bonchev–Trinajstić information content (AvgIpc) is 2.48. The van der Waals surface area contributed by atoms with Gasteiger partial charge in [0.2, 0.25) is 0 Å². The molecule has 2 saturated carbocycles. The summed E-state index contributed by atoms with van der Waals surface area (Å²) in [5.74, 6) is 4.34. The lowest BCUT2D eigenvalue weighted by Gasteiger charge is -2.53. The van der Waals surface area contributed by atoms with E-state index in [4.69, 9.17) is 11.5 Å². The fourth-order valence-corrected chi connectivity index (χ4v) is 5.73. The summed E-state index contributed by atoms with van der Waals surface area (Å²) in [5, 5.41) is 0. The maximum Gasteiger partial charge on any atom is 0.00905 e. The van der Waals surface area contributed by atoms with E-state index in [1.807, 2.05) is 0 Å². The molecule has 0 aromatic heterocycles. The van der Waals surface area contributed by atoms with Crippen LogP contribution in [0.4, 0.5) is 0 Å². The molecule has 2 rings (SSSR count). The molecule has 0 heterocycles. The van der Waals surface area contributed by atoms with E-state index in [0.29, 0.717) is 41.2 Å². The molecule has 0 bridgehead atoms. The summed E-state index contributed by atoms with van der Waals surface area (Å²) in [6.45, 7) is 14.5. The highest BCUT2D eigenvalue weighted by atomic mass is 14.7. The molecule has 0 amide bonds. The summed E-state index contributed by atoms with van der Waals surface area (Å²) in [5.41, 5.74) is 13.2. The molecule has 2 nitrogen and oxygen atoms in total. The second-order valence-electron chi connectivity index (χ2n) is 9.26. The topological polar surface area (TPSA) is 52.0 Å². The van der Waals surface area contributed by atoms with Gasteiger partial charge >= 0.3 is 0 Å². The highest BCUT2D eigenvalue weighted by Crippen LogP contribution is 2.53. The van der Waals surface area contributed by atoms with Gasteiger partial charge in [-0.25, -0.2) is 0 Å². The Morgan fingerprint density at radius 2 is 1.00 bits per heavy atom. The minimum absolute atomic E-state index is 0.398. The van der Waals surface area contributed by atoms with Crippen LogP contribution < -0.4 is 11.5 Å². The van der Waals surface area contributed by atoms with Crippen molar-refractivity contribution in [3.8, 4) is 0 Å². The molecule has 2 aliphatic rings. The first-order chi connectivity index (χ1) is 10.2. The summed E-state index contributed by atoms with van der Waals surface area (Å²) >= 11 is 0. The zero-order valence-electron chi connectivity index (χ0n) is 15.8. The monoisotopic (exact) mass is 308 g/mol. The van der Waals surface area contributed by atoms with Crippen molar-refractivity contribution in [1.29, 1.82) is 0 Å². The summed E-state index contributed by atoms with van der Waals surface area (Å²) in [4.78, 5) is 0. The first-order valence-corrected chi connectivity index (χ1v) is 9.71. The maximum absolute atomic E-state index is 6.39. The van der Waals surface area contributed by atoms with Gasteiger partial charge < -0.3 is 11.5 Å². The SMILES string of the molecule is CCC(C)(C1CC(C)C(N)C(C)C1)C1CC(C)C(N)C(C)C1. The Kier molecular flexibility index (Phi) is 5.65. The molecule has 2 heteroatoms. The summed E-state index contributed by atoms with van der Waals surface area (Å²) in [6.07, 6.45) is 6.58. The van der Waals surface area contributed by atoms with E-state index >= 15 is 0 Å². The predicted octanol–water partition coefficient (Wildman–Crippen LogP) is 4.42. The van der Waals surface area contributed by atoms with Gasteiger partial charge in [-0.15, -0.1) is 0 Å². The van der Waals surface area contributed by atoms with Crippen LogP contribution in [0.15, 0.2) is 0 Å². The average molecular weight is 309 g/mol. The van der Waals surface area contributed by atoms with Crippen molar-refractivity contribution >= 4 is 0 Å². The van der Waals surface area contributed by atoms with Crippen LogP contribution >= 0.6 is 0 Å². The lowest BCUT2D eigenvalue weighted by molar-refractivity contribution is -0.0172. The Hall–Kier alpha value is -0.0800. The molecular formula is C20H40N2. The van der Waals surface area contributed by atoms with Crippen molar-refractivity contribution in [3.63, 3.8) is 0 Å². The summed E-state index contributed by atoms with van der Waals surface area (Å²) in [6, 6.07) is 0.796. The largest absolute Gasteiger partial charge is 0.327 e. The van der Waals surface area contributed by atoms with E-state index in [-0.39, 0.29) is 0 Å². The third kappa shape index (κ3) is 3.24. The summed E-state index contributed by atoms with van der Waals surface area (Å²) < 4.78 is 0. The van der Waals surface area contributed by atoms with Crippen LogP contribution in [-0.4, -0.2) is 12.1 Å². The number of rotatable bonds is 3. The Morgan fingerprint density at radius 3 is 1.23 bits per heavy atom. The molecule has 22 heavy (non-hydrogen) atoms. The Balaban J connectivity index is 2.17. The van der Waals surface area contributed by atoms with Crippen molar-refractivity contribution in [2.75, 3.05) is 0 Å². The Morgan fingerprint density at radius 1 is 0.727 bits per heavy atom. The van der Waals surface area contributed by atoms with Gasteiger partial charge in [0.05, 0.1) is 0 Å². The lowest BCUT2D eigenvalue weighted by Crippen LogP contribution is -2.50. The van der Waals surface area contributed by atoms with Crippen LogP contribution in [0.3, 0.4) is 0 Å². The standard InChI is InChI=1S/C20H40N2/c1-7-20(6,16-8-12(2)18(21)13(3)9-16)17-10-14(4)19(22)15(5)11-17/h12-19H,7-11,21-22H2,1-6H3. The fraction of sp³-hybridized carbons (Fsp3) is 1.00. The highest BCUT2D eigenvalue weighted by molar-refractivity contribution is 4.98. The predicted molar refractivity (Wildman–Crippen MR) is 96.5 cm³/mol. The van der Waals surface area contributed by atoms with Gasteiger partial charge in [0.15, 0.2) is 0 Å². The quantitative estimate of drug-likeness (QED) is 0.810. The Labute approximate surface area is 138 Å². The lowest BCUT2D eigenvalue weighted by atomic mass is 9.53. The summed E-state index contributed by atoms with van der Waals surface area (Å²) in [7, 11) is 0. The minimum Gasteiger partial charge on any atom is -0.327 e. The maximum atomic E-state index is 6.39. The van der Waals surface area contributed by atoms with Crippen molar-refractivity contribution < 1.29 is 0 Å². The molecule has 0 aromatic carbocycles. The number of hydrogen-bond donors (Lipinski definition) is 2. The van der Waals surface area contributed by atoms with E-state index in [1.54, 1.807) is 0 Å². The van der Waals surface area contributed by atoms with Crippen LogP contribution in [0.1, 0.15) is 73.6 Å². The van der Waals surface area contributed by atoms with E-state index in [0.717, 1.165) is 11.8 Å². The van der Waals surface area contributed by atoms with Gasteiger partial charge in [0.25, 0.3) is 0 Å². The molecule has 0 radical (unpaired) electrons. The van der Waals surface area contributed by atoms with Gasteiger partial charge in [0, 0.05) is 12.1 Å². The molecule has 0 saturated heterocycles. The second kappa shape index (κ2) is 6.81. The van der Waals surface area contributed by atoms with E-state index in [2.05, 4.69) is 41.5 Å². The van der Waals surface area contributed by atoms with Crippen molar-refractivity contribution in [3.05, 3.63) is 0 Å². The molecule has 2 aliphatic carbocycles. The third-order valence-corrected chi connectivity index (χ3v) is 7.88. The molecule has 4 atom stereocenters. The van der Waals surface area contributed by atoms with Crippen LogP contribution in [0.2, 0.25) is 0 Å². The molecule has 130 valence electrons. The highest BCUT2D eigenvalue weighted by Gasteiger charge is 2.47. The third-order valence-electron chi connectivity index (χ3n) is 7.88. The molecule has 4 unspecified atom stereocenters. The molecule has 0 aliphatic heterocycles. The normalized spacial score (nSPS) is 49.6. The van der Waals surface area contributed by atoms with Gasteiger partial charge in [-0.05, 0) is 66.6 Å². The van der Waals surface area contributed by atoms with Crippen LogP contribution in [-0.2, 0) is 0 Å². The van der Waals surface area contributed by atoms with Crippen LogP contribution in [0.5, 0.6) is 0 Å². The number of hydrogen-bond acceptors (Lipinski definition) is 2.